The van der Waals surface area contributed by atoms with Crippen molar-refractivity contribution in [2.45, 2.75) is 4.90 Å². The molecule has 28 heavy (non-hydrogen) atoms. The molecule has 0 aliphatic rings. The summed E-state index contributed by atoms with van der Waals surface area (Å²) in [6.45, 7) is 0. The minimum absolute atomic E-state index is 0.258. The first-order chi connectivity index (χ1) is 13.5. The first-order valence-corrected chi connectivity index (χ1v) is 10.5. The van der Waals surface area contributed by atoms with Gasteiger partial charge in [-0.05, 0) is 42.5 Å². The fourth-order valence-corrected chi connectivity index (χ4v) is 3.77. The second kappa shape index (κ2) is 7.01. The molecule has 2 N–H and O–H groups in total. The van der Waals surface area contributed by atoms with Crippen molar-refractivity contribution < 1.29 is 13.2 Å². The number of fused-ring (bicyclic) bond motifs is 1. The molecular formula is C21H19N3O3S. The number of sulfone groups is 1. The number of nitrogens with zero attached hydrogens (tertiary/aromatic N) is 1. The predicted molar refractivity (Wildman–Crippen MR) is 111 cm³/mol. The molecule has 0 bridgehead atoms. The van der Waals surface area contributed by atoms with Crippen LogP contribution in [0.3, 0.4) is 0 Å². The monoisotopic (exact) mass is 393 g/mol. The summed E-state index contributed by atoms with van der Waals surface area (Å²) in [5.41, 5.74) is 3.43. The molecule has 0 amide bonds. The maximum absolute atomic E-state index is 11.8. The average Bonchev–Trinajstić information content (AvgIpc) is 3.13. The fraction of sp³-hybridized carbons (Fsp3) is 0.0952. The van der Waals surface area contributed by atoms with E-state index in [0.717, 1.165) is 27.9 Å². The second-order valence-electron chi connectivity index (χ2n) is 6.43. The van der Waals surface area contributed by atoms with Gasteiger partial charge >= 0.3 is 0 Å². The van der Waals surface area contributed by atoms with E-state index < -0.39 is 9.84 Å². The summed E-state index contributed by atoms with van der Waals surface area (Å²) in [7, 11) is -1.64. The van der Waals surface area contributed by atoms with Crippen LogP contribution in [0.1, 0.15) is 0 Å². The van der Waals surface area contributed by atoms with Gasteiger partial charge in [0.1, 0.15) is 11.6 Å². The maximum atomic E-state index is 11.8. The number of pyridine rings is 1. The first-order valence-electron chi connectivity index (χ1n) is 8.64. The highest BCUT2D eigenvalue weighted by Crippen LogP contribution is 2.34. The van der Waals surface area contributed by atoms with Gasteiger partial charge in [0.2, 0.25) is 0 Å². The quantitative estimate of drug-likeness (QED) is 0.525. The molecule has 4 aromatic rings. The number of nitrogens with one attached hydrogen (secondary N) is 2. The van der Waals surface area contributed by atoms with Crippen molar-refractivity contribution in [1.82, 2.24) is 9.97 Å². The van der Waals surface area contributed by atoms with Crippen molar-refractivity contribution >= 4 is 32.2 Å². The molecule has 0 spiro atoms. The summed E-state index contributed by atoms with van der Waals surface area (Å²) >= 11 is 0. The van der Waals surface area contributed by atoms with Crippen LogP contribution in [0.2, 0.25) is 0 Å². The van der Waals surface area contributed by atoms with Gasteiger partial charge < -0.3 is 15.0 Å². The lowest BCUT2D eigenvalue weighted by atomic mass is 10.1. The van der Waals surface area contributed by atoms with Crippen LogP contribution in [0, 0.1) is 0 Å². The number of benzene rings is 2. The molecule has 7 heteroatoms. The van der Waals surface area contributed by atoms with Gasteiger partial charge in [0.05, 0.1) is 23.2 Å². The summed E-state index contributed by atoms with van der Waals surface area (Å²) in [5.74, 6) is 1.41. The molecule has 0 aliphatic carbocycles. The Labute approximate surface area is 163 Å². The van der Waals surface area contributed by atoms with E-state index in [4.69, 9.17) is 4.74 Å². The van der Waals surface area contributed by atoms with Crippen LogP contribution in [-0.4, -0.2) is 31.8 Å². The number of methoxy groups -OCH3 is 1. The van der Waals surface area contributed by atoms with Crippen LogP contribution in [0.25, 0.3) is 22.2 Å². The normalized spacial score (nSPS) is 11.5. The van der Waals surface area contributed by atoms with Gasteiger partial charge in [0, 0.05) is 29.1 Å². The van der Waals surface area contributed by atoms with Gasteiger partial charge in [-0.25, -0.2) is 13.4 Å². The molecule has 4 rings (SSSR count). The average molecular weight is 393 g/mol. The molecule has 0 aliphatic heterocycles. The van der Waals surface area contributed by atoms with Crippen LogP contribution >= 0.6 is 0 Å². The van der Waals surface area contributed by atoms with Crippen LogP contribution in [-0.2, 0) is 9.84 Å². The minimum atomic E-state index is -3.28. The van der Waals surface area contributed by atoms with Gasteiger partial charge in [0.15, 0.2) is 9.84 Å². The van der Waals surface area contributed by atoms with Crippen molar-refractivity contribution in [3.63, 3.8) is 0 Å². The summed E-state index contributed by atoms with van der Waals surface area (Å²) in [6, 6.07) is 18.4. The van der Waals surface area contributed by atoms with E-state index in [-0.39, 0.29) is 4.90 Å². The molecule has 6 nitrogen and oxygen atoms in total. The van der Waals surface area contributed by atoms with Gasteiger partial charge in [-0.15, -0.1) is 0 Å². The maximum Gasteiger partial charge on any atom is 0.175 e. The van der Waals surface area contributed by atoms with Crippen LogP contribution in [0.15, 0.2) is 71.8 Å². The minimum Gasteiger partial charge on any atom is -0.496 e. The third kappa shape index (κ3) is 3.44. The standard InChI is InChI=1S/C21H19N3O3S/c1-27-20-9-4-3-8-16(20)19-13-17-18(24-19)10-11-22-21(17)23-14-6-5-7-15(12-14)28(2,25)26/h3-13,24H,1-2H3,(H,22,23). The Kier molecular flexibility index (Phi) is 4.52. The number of aromatic amines is 1. The summed E-state index contributed by atoms with van der Waals surface area (Å²) in [5, 5.41) is 4.12. The summed E-state index contributed by atoms with van der Waals surface area (Å²) in [6.07, 6.45) is 2.89. The van der Waals surface area contributed by atoms with Crippen molar-refractivity contribution in [3.8, 4) is 17.0 Å². The lowest BCUT2D eigenvalue weighted by Gasteiger charge is -2.08. The van der Waals surface area contributed by atoms with Gasteiger partial charge in [0.25, 0.3) is 0 Å². The zero-order valence-electron chi connectivity index (χ0n) is 15.4. The third-order valence-electron chi connectivity index (χ3n) is 4.47. The fourth-order valence-electron chi connectivity index (χ4n) is 3.11. The molecule has 2 heterocycles. The Morgan fingerprint density at radius 1 is 1.04 bits per heavy atom. The Hall–Kier alpha value is -3.32. The predicted octanol–water partition coefficient (Wildman–Crippen LogP) is 4.39. The van der Waals surface area contributed by atoms with Crippen molar-refractivity contribution in [1.29, 1.82) is 0 Å². The van der Waals surface area contributed by atoms with E-state index >= 15 is 0 Å². The van der Waals surface area contributed by atoms with E-state index in [2.05, 4.69) is 15.3 Å². The largest absolute Gasteiger partial charge is 0.496 e. The number of para-hydroxylation sites is 1. The van der Waals surface area contributed by atoms with E-state index in [1.807, 2.05) is 42.5 Å². The van der Waals surface area contributed by atoms with Crippen molar-refractivity contribution in [3.05, 3.63) is 66.9 Å². The van der Waals surface area contributed by atoms with Crippen LogP contribution in [0.4, 0.5) is 11.5 Å². The summed E-state index contributed by atoms with van der Waals surface area (Å²) in [4.78, 5) is 8.08. The molecular weight excluding hydrogens is 374 g/mol. The number of ether oxygens (including phenoxy) is 1. The molecule has 0 atom stereocenters. The van der Waals surface area contributed by atoms with E-state index in [9.17, 15) is 8.42 Å². The highest BCUT2D eigenvalue weighted by atomic mass is 32.2. The first kappa shape index (κ1) is 18.1. The van der Waals surface area contributed by atoms with Crippen LogP contribution in [0.5, 0.6) is 5.75 Å². The molecule has 0 saturated carbocycles. The number of H-pyrrole nitrogens is 1. The SMILES string of the molecule is COc1ccccc1-c1cc2c(Nc3cccc(S(C)(=O)=O)c3)nccc2[nH]1. The molecule has 0 radical (unpaired) electrons. The lowest BCUT2D eigenvalue weighted by molar-refractivity contribution is 0.416. The number of hydrogen-bond donors (Lipinski definition) is 2. The smallest absolute Gasteiger partial charge is 0.175 e. The van der Waals surface area contributed by atoms with Gasteiger partial charge in [-0.2, -0.15) is 0 Å². The molecule has 142 valence electrons. The zero-order chi connectivity index (χ0) is 19.7. The topological polar surface area (TPSA) is 84.1 Å². The van der Waals surface area contributed by atoms with E-state index in [0.29, 0.717) is 11.5 Å². The molecule has 2 aromatic heterocycles. The Bertz CT molecular complexity index is 1260. The molecule has 0 unspecified atom stereocenters. The molecule has 0 fully saturated rings. The number of hydrogen-bond acceptors (Lipinski definition) is 5. The van der Waals surface area contributed by atoms with Crippen molar-refractivity contribution in [2.75, 3.05) is 18.7 Å². The lowest BCUT2D eigenvalue weighted by Crippen LogP contribution is -1.99. The number of anilines is 2. The van der Waals surface area contributed by atoms with E-state index in [1.165, 1.54) is 6.26 Å². The number of rotatable bonds is 5. The third-order valence-corrected chi connectivity index (χ3v) is 5.58. The van der Waals surface area contributed by atoms with Gasteiger partial charge in [-0.1, -0.05) is 18.2 Å². The zero-order valence-corrected chi connectivity index (χ0v) is 16.2. The summed E-state index contributed by atoms with van der Waals surface area (Å²) < 4.78 is 29.1. The highest BCUT2D eigenvalue weighted by Gasteiger charge is 2.12. The van der Waals surface area contributed by atoms with Crippen molar-refractivity contribution in [2.24, 2.45) is 0 Å². The number of aromatic nitrogens is 2. The molecule has 0 saturated heterocycles. The second-order valence-corrected chi connectivity index (χ2v) is 8.44. The molecule has 2 aromatic carbocycles. The van der Waals surface area contributed by atoms with E-state index in [1.54, 1.807) is 31.5 Å². The Balaban J connectivity index is 1.76. The Morgan fingerprint density at radius 3 is 2.64 bits per heavy atom. The Morgan fingerprint density at radius 2 is 1.86 bits per heavy atom. The highest BCUT2D eigenvalue weighted by molar-refractivity contribution is 7.90. The van der Waals surface area contributed by atoms with Crippen LogP contribution < -0.4 is 10.1 Å². The van der Waals surface area contributed by atoms with Gasteiger partial charge in [-0.3, -0.25) is 0 Å².